The molecule has 33 heavy (non-hydrogen) atoms. The highest BCUT2D eigenvalue weighted by Gasteiger charge is 2.51. The van der Waals surface area contributed by atoms with Gasteiger partial charge in [-0.2, -0.15) is 0 Å². The Hall–Kier alpha value is -2.78. The molecule has 2 fully saturated rings. The average molecular weight is 472 g/mol. The molecule has 176 valence electrons. The minimum atomic E-state index is -4.01. The number of likely N-dealkylation sites (tertiary alicyclic amines) is 1. The summed E-state index contributed by atoms with van der Waals surface area (Å²) in [7, 11) is -4.01. The topological polar surface area (TPSA) is 120 Å². The van der Waals surface area contributed by atoms with E-state index in [9.17, 15) is 18.0 Å². The van der Waals surface area contributed by atoms with E-state index >= 15 is 0 Å². The fraction of sp³-hybridized carbons (Fsp3) is 0.458. The molecule has 2 N–H and O–H groups in total. The van der Waals surface area contributed by atoms with Gasteiger partial charge in [-0.05, 0) is 49.8 Å². The van der Waals surface area contributed by atoms with Crippen molar-refractivity contribution < 1.29 is 22.7 Å². The predicted octanol–water partition coefficient (Wildman–Crippen LogP) is 2.11. The maximum absolute atomic E-state index is 13.2. The third-order valence-electron chi connectivity index (χ3n) is 6.62. The third-order valence-corrected chi connectivity index (χ3v) is 9.12. The Morgan fingerprint density at radius 1 is 1.00 bits per heavy atom. The lowest BCUT2D eigenvalue weighted by Crippen LogP contribution is -2.53. The van der Waals surface area contributed by atoms with Crippen LogP contribution >= 0.6 is 0 Å². The Morgan fingerprint density at radius 2 is 1.67 bits per heavy atom. The van der Waals surface area contributed by atoms with Crippen molar-refractivity contribution in [2.24, 2.45) is 5.73 Å². The van der Waals surface area contributed by atoms with Crippen LogP contribution in [0.1, 0.15) is 37.7 Å². The molecule has 8 nitrogen and oxygen atoms in total. The highest BCUT2D eigenvalue weighted by atomic mass is 32.2. The van der Waals surface area contributed by atoms with Gasteiger partial charge in [0.25, 0.3) is 0 Å². The van der Waals surface area contributed by atoms with Gasteiger partial charge in [0.15, 0.2) is 14.6 Å². The normalized spacial score (nSPS) is 18.6. The van der Waals surface area contributed by atoms with Crippen LogP contribution in [0, 0.1) is 0 Å². The zero-order valence-corrected chi connectivity index (χ0v) is 19.4. The molecule has 2 aliphatic rings. The maximum atomic E-state index is 13.2. The molecule has 2 amide bonds. The number of carbonyl (C=O) groups excluding carboxylic acids is 2. The van der Waals surface area contributed by atoms with E-state index < -0.39 is 20.5 Å². The van der Waals surface area contributed by atoms with E-state index in [2.05, 4.69) is 4.98 Å². The van der Waals surface area contributed by atoms with E-state index in [1.807, 2.05) is 29.2 Å². The summed E-state index contributed by atoms with van der Waals surface area (Å²) >= 11 is 0. The molecule has 0 unspecified atom stereocenters. The van der Waals surface area contributed by atoms with Gasteiger partial charge in [0.05, 0.1) is 17.0 Å². The van der Waals surface area contributed by atoms with Crippen LogP contribution in [0.5, 0.6) is 0 Å². The van der Waals surface area contributed by atoms with Crippen LogP contribution in [-0.4, -0.2) is 61.2 Å². The largest absolute Gasteiger partial charge is 0.381 e. The van der Waals surface area contributed by atoms with E-state index in [0.717, 1.165) is 37.1 Å². The van der Waals surface area contributed by atoms with E-state index in [1.165, 1.54) is 18.7 Å². The average Bonchev–Trinajstić information content (AvgIpc) is 2.85. The van der Waals surface area contributed by atoms with Gasteiger partial charge in [-0.25, -0.2) is 8.42 Å². The number of hydrogen-bond donors (Lipinski definition) is 1. The van der Waals surface area contributed by atoms with E-state index in [0.29, 0.717) is 12.1 Å². The van der Waals surface area contributed by atoms with Crippen molar-refractivity contribution in [3.05, 3.63) is 48.2 Å². The first-order chi connectivity index (χ1) is 15.8. The van der Waals surface area contributed by atoms with Crippen LogP contribution in [0.15, 0.2) is 47.5 Å². The predicted molar refractivity (Wildman–Crippen MR) is 123 cm³/mol. The first-order valence-electron chi connectivity index (χ1n) is 11.3. The van der Waals surface area contributed by atoms with Gasteiger partial charge in [-0.15, -0.1) is 0 Å². The van der Waals surface area contributed by atoms with Gasteiger partial charge in [-0.1, -0.05) is 24.3 Å². The number of primary amides is 1. The van der Waals surface area contributed by atoms with Crippen LogP contribution in [0.25, 0.3) is 11.3 Å². The SMILES string of the molecule is NC(=O)C1(S(=O)(=O)c2ccc(-c3ccc(CC(=O)N4CCCCC4)cc3)nc2)CCOCC1. The first-order valence-corrected chi connectivity index (χ1v) is 12.8. The second kappa shape index (κ2) is 9.61. The summed E-state index contributed by atoms with van der Waals surface area (Å²) in [6.07, 6.45) is 5.02. The smallest absolute Gasteiger partial charge is 0.239 e. The summed E-state index contributed by atoms with van der Waals surface area (Å²) < 4.78 is 30.1. The number of hydrogen-bond acceptors (Lipinski definition) is 6. The molecular formula is C24H29N3O5S. The zero-order valence-electron chi connectivity index (χ0n) is 18.5. The molecule has 2 aromatic rings. The number of sulfone groups is 1. The molecule has 0 saturated carbocycles. The Morgan fingerprint density at radius 3 is 2.24 bits per heavy atom. The first kappa shape index (κ1) is 23.4. The molecular weight excluding hydrogens is 442 g/mol. The second-order valence-corrected chi connectivity index (χ2v) is 10.9. The summed E-state index contributed by atoms with van der Waals surface area (Å²) in [4.78, 5) is 30.8. The van der Waals surface area contributed by atoms with Crippen LogP contribution < -0.4 is 5.73 Å². The number of pyridine rings is 1. The number of piperidine rings is 1. The van der Waals surface area contributed by atoms with Crippen molar-refractivity contribution in [3.63, 3.8) is 0 Å². The lowest BCUT2D eigenvalue weighted by atomic mass is 9.98. The number of ether oxygens (including phenoxy) is 1. The molecule has 0 spiro atoms. The maximum Gasteiger partial charge on any atom is 0.239 e. The molecule has 0 bridgehead atoms. The molecule has 0 atom stereocenters. The summed E-state index contributed by atoms with van der Waals surface area (Å²) in [6, 6.07) is 10.6. The number of carbonyl (C=O) groups is 2. The molecule has 0 radical (unpaired) electrons. The van der Waals surface area contributed by atoms with Crippen LogP contribution in [-0.2, 0) is 30.6 Å². The van der Waals surface area contributed by atoms with Crippen molar-refractivity contribution in [1.29, 1.82) is 0 Å². The fourth-order valence-corrected chi connectivity index (χ4v) is 6.37. The van der Waals surface area contributed by atoms with Gasteiger partial charge in [0.2, 0.25) is 11.8 Å². The van der Waals surface area contributed by atoms with Crippen LogP contribution in [0.2, 0.25) is 0 Å². The molecule has 9 heteroatoms. The van der Waals surface area contributed by atoms with Crippen LogP contribution in [0.3, 0.4) is 0 Å². The van der Waals surface area contributed by atoms with Gasteiger partial charge >= 0.3 is 0 Å². The van der Waals surface area contributed by atoms with Crippen molar-refractivity contribution in [1.82, 2.24) is 9.88 Å². The minimum absolute atomic E-state index is 0.0318. The quantitative estimate of drug-likeness (QED) is 0.689. The number of rotatable bonds is 6. The van der Waals surface area contributed by atoms with E-state index in [1.54, 1.807) is 6.07 Å². The second-order valence-electron chi connectivity index (χ2n) is 8.67. The molecule has 2 saturated heterocycles. The molecule has 3 heterocycles. The van der Waals surface area contributed by atoms with Gasteiger partial charge in [0.1, 0.15) is 0 Å². The Labute approximate surface area is 194 Å². The number of benzene rings is 1. The van der Waals surface area contributed by atoms with Gasteiger partial charge in [0, 0.05) is 38.1 Å². The fourth-order valence-electron chi connectivity index (χ4n) is 4.51. The monoisotopic (exact) mass is 471 g/mol. The van der Waals surface area contributed by atoms with Crippen molar-refractivity contribution in [2.75, 3.05) is 26.3 Å². The summed E-state index contributed by atoms with van der Waals surface area (Å²) in [6.45, 7) is 2.00. The summed E-state index contributed by atoms with van der Waals surface area (Å²) in [5.74, 6) is -0.712. The number of amides is 2. The Bertz CT molecular complexity index is 1100. The van der Waals surface area contributed by atoms with Crippen LogP contribution in [0.4, 0.5) is 0 Å². The molecule has 1 aromatic heterocycles. The highest BCUT2D eigenvalue weighted by Crippen LogP contribution is 2.35. The van der Waals surface area contributed by atoms with Crippen molar-refractivity contribution >= 4 is 21.7 Å². The summed E-state index contributed by atoms with van der Waals surface area (Å²) in [5, 5.41) is 0. The molecule has 0 aliphatic carbocycles. The van der Waals surface area contributed by atoms with E-state index in [4.69, 9.17) is 10.5 Å². The zero-order chi connectivity index (χ0) is 23.5. The molecule has 1 aromatic carbocycles. The highest BCUT2D eigenvalue weighted by molar-refractivity contribution is 7.93. The Kier molecular flexibility index (Phi) is 6.81. The van der Waals surface area contributed by atoms with Crippen molar-refractivity contribution in [3.8, 4) is 11.3 Å². The van der Waals surface area contributed by atoms with E-state index in [-0.39, 0.29) is 36.9 Å². The standard InChI is InChI=1S/C24H29N3O5S/c25-23(29)24(10-14-32-15-11-24)33(30,31)20-8-9-21(26-17-20)19-6-4-18(5-7-19)16-22(28)27-12-2-1-3-13-27/h4-9,17H,1-3,10-16H2,(H2,25,29). The van der Waals surface area contributed by atoms with Gasteiger partial charge < -0.3 is 15.4 Å². The lowest BCUT2D eigenvalue weighted by molar-refractivity contribution is -0.131. The number of nitrogens with zero attached hydrogens (tertiary/aromatic N) is 2. The number of aromatic nitrogens is 1. The number of nitrogens with two attached hydrogens (primary N) is 1. The minimum Gasteiger partial charge on any atom is -0.381 e. The Balaban J connectivity index is 1.49. The lowest BCUT2D eigenvalue weighted by Gasteiger charge is -2.33. The molecule has 2 aliphatic heterocycles. The van der Waals surface area contributed by atoms with Crippen molar-refractivity contribution in [2.45, 2.75) is 48.2 Å². The summed E-state index contributed by atoms with van der Waals surface area (Å²) in [5.41, 5.74) is 7.86. The van der Waals surface area contributed by atoms with Gasteiger partial charge in [-0.3, -0.25) is 14.6 Å². The third kappa shape index (κ3) is 4.65. The molecule has 4 rings (SSSR count).